The molecular formula is C21H21N3O4S. The standard InChI is InChI=1S/C21H21N3O4S/c1-28-19-9-7-18(8-10-19)24-29(26,27)20-11-5-16(6-12-20)21(25)23-15-13-17-4-2-3-14-22-17/h2-12,14,24H,13,15H2,1H3,(H,23,25). The highest BCUT2D eigenvalue weighted by molar-refractivity contribution is 7.92. The Morgan fingerprint density at radius 2 is 1.72 bits per heavy atom. The number of nitrogens with zero attached hydrogens (tertiary/aromatic N) is 1. The molecule has 3 rings (SSSR count). The van der Waals surface area contributed by atoms with Crippen LogP contribution in [0.4, 0.5) is 5.69 Å². The van der Waals surface area contributed by atoms with Crippen molar-refractivity contribution in [2.45, 2.75) is 11.3 Å². The molecule has 0 aliphatic heterocycles. The van der Waals surface area contributed by atoms with Crippen molar-refractivity contribution >= 4 is 21.6 Å². The van der Waals surface area contributed by atoms with Gasteiger partial charge in [-0.05, 0) is 60.7 Å². The third-order valence-electron chi connectivity index (χ3n) is 4.16. The minimum absolute atomic E-state index is 0.0679. The van der Waals surface area contributed by atoms with Crippen LogP contribution in [-0.2, 0) is 16.4 Å². The Kier molecular flexibility index (Phi) is 6.46. The lowest BCUT2D eigenvalue weighted by molar-refractivity contribution is 0.0954. The number of pyridine rings is 1. The molecule has 0 bridgehead atoms. The van der Waals surface area contributed by atoms with Crippen LogP contribution in [0.5, 0.6) is 5.75 Å². The second-order valence-corrected chi connectivity index (χ2v) is 7.87. The molecule has 150 valence electrons. The Bertz CT molecular complexity index is 1050. The van der Waals surface area contributed by atoms with Crippen LogP contribution in [0.25, 0.3) is 0 Å². The van der Waals surface area contributed by atoms with Gasteiger partial charge in [-0.3, -0.25) is 14.5 Å². The van der Waals surface area contributed by atoms with Crippen LogP contribution in [0.1, 0.15) is 16.1 Å². The number of anilines is 1. The summed E-state index contributed by atoms with van der Waals surface area (Å²) in [5.41, 5.74) is 1.69. The zero-order valence-corrected chi connectivity index (χ0v) is 16.6. The van der Waals surface area contributed by atoms with E-state index in [2.05, 4.69) is 15.0 Å². The zero-order chi connectivity index (χ0) is 20.7. The monoisotopic (exact) mass is 411 g/mol. The number of ether oxygens (including phenoxy) is 1. The van der Waals surface area contributed by atoms with Gasteiger partial charge in [0.15, 0.2) is 0 Å². The van der Waals surface area contributed by atoms with Crippen LogP contribution >= 0.6 is 0 Å². The summed E-state index contributed by atoms with van der Waals surface area (Å²) in [6.45, 7) is 0.439. The largest absolute Gasteiger partial charge is 0.497 e. The van der Waals surface area contributed by atoms with Gasteiger partial charge in [-0.15, -0.1) is 0 Å². The number of nitrogens with one attached hydrogen (secondary N) is 2. The number of sulfonamides is 1. The Labute approximate surface area is 169 Å². The highest BCUT2D eigenvalue weighted by Gasteiger charge is 2.15. The minimum Gasteiger partial charge on any atom is -0.497 e. The van der Waals surface area contributed by atoms with Crippen LogP contribution < -0.4 is 14.8 Å². The molecule has 29 heavy (non-hydrogen) atoms. The fourth-order valence-corrected chi connectivity index (χ4v) is 3.67. The van der Waals surface area contributed by atoms with Crippen molar-refractivity contribution in [1.82, 2.24) is 10.3 Å². The van der Waals surface area contributed by atoms with E-state index in [0.717, 1.165) is 5.69 Å². The van der Waals surface area contributed by atoms with Crippen LogP contribution in [0.3, 0.4) is 0 Å². The van der Waals surface area contributed by atoms with Gasteiger partial charge >= 0.3 is 0 Å². The fourth-order valence-electron chi connectivity index (χ4n) is 2.61. The van der Waals surface area contributed by atoms with Gasteiger partial charge in [-0.2, -0.15) is 0 Å². The van der Waals surface area contributed by atoms with Crippen molar-refractivity contribution in [2.75, 3.05) is 18.4 Å². The molecule has 0 spiro atoms. The summed E-state index contributed by atoms with van der Waals surface area (Å²) < 4.78 is 32.6. The first-order valence-corrected chi connectivity index (χ1v) is 10.4. The summed E-state index contributed by atoms with van der Waals surface area (Å²) in [5, 5.41) is 2.80. The van der Waals surface area contributed by atoms with Gasteiger partial charge in [0.1, 0.15) is 5.75 Å². The van der Waals surface area contributed by atoms with E-state index in [1.807, 2.05) is 18.2 Å². The SMILES string of the molecule is COc1ccc(NS(=O)(=O)c2ccc(C(=O)NCCc3ccccn3)cc2)cc1. The molecule has 0 saturated carbocycles. The molecule has 1 aromatic heterocycles. The molecule has 8 heteroatoms. The highest BCUT2D eigenvalue weighted by atomic mass is 32.2. The van der Waals surface area contributed by atoms with Gasteiger partial charge in [-0.1, -0.05) is 6.07 Å². The van der Waals surface area contributed by atoms with Crippen molar-refractivity contribution in [3.05, 3.63) is 84.2 Å². The molecule has 0 aliphatic rings. The molecular weight excluding hydrogens is 390 g/mol. The smallest absolute Gasteiger partial charge is 0.261 e. The molecule has 0 atom stereocenters. The summed E-state index contributed by atoms with van der Waals surface area (Å²) in [5.74, 6) is 0.361. The van der Waals surface area contributed by atoms with E-state index in [-0.39, 0.29) is 10.8 Å². The number of carbonyl (C=O) groups excluding carboxylic acids is 1. The van der Waals surface area contributed by atoms with E-state index in [1.165, 1.54) is 31.4 Å². The first-order chi connectivity index (χ1) is 14.0. The van der Waals surface area contributed by atoms with Crippen molar-refractivity contribution in [3.63, 3.8) is 0 Å². The lowest BCUT2D eigenvalue weighted by Gasteiger charge is -2.10. The number of amides is 1. The Balaban J connectivity index is 1.59. The molecule has 0 aliphatic carbocycles. The fraction of sp³-hybridized carbons (Fsp3) is 0.143. The van der Waals surface area contributed by atoms with Crippen molar-refractivity contribution in [3.8, 4) is 5.75 Å². The molecule has 1 amide bonds. The first kappa shape index (κ1) is 20.3. The van der Waals surface area contributed by atoms with Gasteiger partial charge in [0.25, 0.3) is 15.9 Å². The number of hydrogen-bond donors (Lipinski definition) is 2. The molecule has 0 radical (unpaired) electrons. The van der Waals surface area contributed by atoms with E-state index in [9.17, 15) is 13.2 Å². The van der Waals surface area contributed by atoms with E-state index in [1.54, 1.807) is 30.5 Å². The average molecular weight is 411 g/mol. The van der Waals surface area contributed by atoms with Gasteiger partial charge in [0, 0.05) is 36.1 Å². The predicted molar refractivity (Wildman–Crippen MR) is 111 cm³/mol. The summed E-state index contributed by atoms with van der Waals surface area (Å²) >= 11 is 0. The van der Waals surface area contributed by atoms with Gasteiger partial charge < -0.3 is 10.1 Å². The van der Waals surface area contributed by atoms with Crippen LogP contribution in [-0.4, -0.2) is 33.0 Å². The van der Waals surface area contributed by atoms with Crippen LogP contribution in [0.15, 0.2) is 77.8 Å². The highest BCUT2D eigenvalue weighted by Crippen LogP contribution is 2.19. The van der Waals surface area contributed by atoms with E-state index in [4.69, 9.17) is 4.74 Å². The zero-order valence-electron chi connectivity index (χ0n) is 15.8. The summed E-state index contributed by atoms with van der Waals surface area (Å²) in [4.78, 5) is 16.5. The second-order valence-electron chi connectivity index (χ2n) is 6.19. The van der Waals surface area contributed by atoms with Crippen LogP contribution in [0.2, 0.25) is 0 Å². The molecule has 2 N–H and O–H groups in total. The number of methoxy groups -OCH3 is 1. The number of carbonyl (C=O) groups is 1. The lowest BCUT2D eigenvalue weighted by atomic mass is 10.2. The Hall–Kier alpha value is -3.39. The summed E-state index contributed by atoms with van der Waals surface area (Å²) in [6.07, 6.45) is 2.32. The van der Waals surface area contributed by atoms with Gasteiger partial charge in [-0.25, -0.2) is 8.42 Å². The number of hydrogen-bond acceptors (Lipinski definition) is 5. The summed E-state index contributed by atoms with van der Waals surface area (Å²) in [6, 6.07) is 17.9. The predicted octanol–water partition coefficient (Wildman–Crippen LogP) is 2.86. The topological polar surface area (TPSA) is 97.4 Å². The van der Waals surface area contributed by atoms with E-state index < -0.39 is 10.0 Å². The second kappa shape index (κ2) is 9.20. The van der Waals surface area contributed by atoms with E-state index >= 15 is 0 Å². The third kappa shape index (κ3) is 5.55. The van der Waals surface area contributed by atoms with E-state index in [0.29, 0.717) is 30.0 Å². The third-order valence-corrected chi connectivity index (χ3v) is 5.56. The Morgan fingerprint density at radius 1 is 1.00 bits per heavy atom. The average Bonchev–Trinajstić information content (AvgIpc) is 2.75. The first-order valence-electron chi connectivity index (χ1n) is 8.93. The van der Waals surface area contributed by atoms with Gasteiger partial charge in [0.05, 0.1) is 12.0 Å². The number of aromatic nitrogens is 1. The molecule has 1 heterocycles. The van der Waals surface area contributed by atoms with Crippen molar-refractivity contribution in [1.29, 1.82) is 0 Å². The normalized spacial score (nSPS) is 10.9. The van der Waals surface area contributed by atoms with Crippen molar-refractivity contribution in [2.24, 2.45) is 0 Å². The Morgan fingerprint density at radius 3 is 2.34 bits per heavy atom. The summed E-state index contributed by atoms with van der Waals surface area (Å²) in [7, 11) is -2.22. The molecule has 0 fully saturated rings. The maximum Gasteiger partial charge on any atom is 0.261 e. The molecule has 0 saturated heterocycles. The van der Waals surface area contributed by atoms with Crippen LogP contribution in [0, 0.1) is 0 Å². The van der Waals surface area contributed by atoms with Gasteiger partial charge in [0.2, 0.25) is 0 Å². The van der Waals surface area contributed by atoms with Crippen molar-refractivity contribution < 1.29 is 17.9 Å². The minimum atomic E-state index is -3.76. The molecule has 2 aromatic carbocycles. The number of rotatable bonds is 8. The quantitative estimate of drug-likeness (QED) is 0.594. The maximum atomic E-state index is 12.5. The number of benzene rings is 2. The molecule has 7 nitrogen and oxygen atoms in total. The molecule has 3 aromatic rings. The molecule has 0 unspecified atom stereocenters. The lowest BCUT2D eigenvalue weighted by Crippen LogP contribution is -2.26. The maximum absolute atomic E-state index is 12.5.